The van der Waals surface area contributed by atoms with Crippen molar-refractivity contribution in [3.05, 3.63) is 59.9 Å². The Bertz CT molecular complexity index is 406. The Labute approximate surface area is 90.0 Å². The van der Waals surface area contributed by atoms with Crippen LogP contribution in [0.5, 0.6) is 0 Å². The van der Waals surface area contributed by atoms with E-state index in [-0.39, 0.29) is 0 Å². The molecule has 1 N–H and O–H groups in total. The minimum atomic E-state index is 0.808. The third-order valence-corrected chi connectivity index (χ3v) is 2.21. The van der Waals surface area contributed by atoms with Gasteiger partial charge in [0.2, 0.25) is 0 Å². The number of aromatic nitrogens is 1. The Balaban J connectivity index is 1.96. The van der Waals surface area contributed by atoms with Gasteiger partial charge < -0.3 is 5.32 Å². The van der Waals surface area contributed by atoms with E-state index in [0.717, 1.165) is 12.2 Å². The molecular formula is C13H13N2. The third kappa shape index (κ3) is 2.81. The first-order valence-electron chi connectivity index (χ1n) is 4.97. The number of anilines is 1. The summed E-state index contributed by atoms with van der Waals surface area (Å²) in [5.41, 5.74) is 3.47. The number of rotatable bonds is 3. The van der Waals surface area contributed by atoms with Crippen molar-refractivity contribution in [3.8, 4) is 0 Å². The highest BCUT2D eigenvalue weighted by Gasteiger charge is 1.93. The summed E-state index contributed by atoms with van der Waals surface area (Å²) in [6.07, 6.45) is 4.61. The molecule has 0 saturated heterocycles. The van der Waals surface area contributed by atoms with Gasteiger partial charge in [0, 0.05) is 12.7 Å². The van der Waals surface area contributed by atoms with Crippen molar-refractivity contribution in [2.45, 2.75) is 13.5 Å². The van der Waals surface area contributed by atoms with E-state index in [1.54, 1.807) is 6.20 Å². The monoisotopic (exact) mass is 197 g/mol. The van der Waals surface area contributed by atoms with Crippen molar-refractivity contribution < 1.29 is 0 Å². The van der Waals surface area contributed by atoms with Gasteiger partial charge in [-0.1, -0.05) is 29.8 Å². The molecule has 0 aliphatic heterocycles. The first kappa shape index (κ1) is 9.71. The lowest BCUT2D eigenvalue weighted by Gasteiger charge is -2.05. The van der Waals surface area contributed by atoms with E-state index in [1.165, 1.54) is 11.1 Å². The molecule has 15 heavy (non-hydrogen) atoms. The zero-order chi connectivity index (χ0) is 10.5. The van der Waals surface area contributed by atoms with E-state index < -0.39 is 0 Å². The van der Waals surface area contributed by atoms with Gasteiger partial charge in [-0.15, -0.1) is 0 Å². The molecule has 0 amide bonds. The standard InChI is InChI=1S/C13H13N2/c1-11-4-6-12(7-5-11)9-15-13-3-2-8-14-10-13/h2-8,15H,9H2,1H3. The maximum Gasteiger partial charge on any atom is 0.114 e. The largest absolute Gasteiger partial charge is 0.379 e. The van der Waals surface area contributed by atoms with Crippen LogP contribution in [0.4, 0.5) is 5.69 Å². The summed E-state index contributed by atoms with van der Waals surface area (Å²) in [7, 11) is 0. The van der Waals surface area contributed by atoms with Gasteiger partial charge in [-0.25, -0.2) is 0 Å². The van der Waals surface area contributed by atoms with Crippen LogP contribution in [0.2, 0.25) is 0 Å². The minimum absolute atomic E-state index is 0.808. The molecule has 0 atom stereocenters. The van der Waals surface area contributed by atoms with Crippen LogP contribution in [0.25, 0.3) is 0 Å². The summed E-state index contributed by atoms with van der Waals surface area (Å²) in [5, 5.41) is 3.26. The van der Waals surface area contributed by atoms with Gasteiger partial charge >= 0.3 is 0 Å². The molecule has 75 valence electrons. The van der Waals surface area contributed by atoms with Crippen LogP contribution in [-0.4, -0.2) is 4.98 Å². The van der Waals surface area contributed by atoms with Crippen molar-refractivity contribution in [2.24, 2.45) is 0 Å². The second-order valence-electron chi connectivity index (χ2n) is 3.50. The average molecular weight is 197 g/mol. The Kier molecular flexibility index (Phi) is 2.98. The van der Waals surface area contributed by atoms with E-state index in [2.05, 4.69) is 47.7 Å². The first-order chi connectivity index (χ1) is 7.34. The number of benzene rings is 1. The van der Waals surface area contributed by atoms with Gasteiger partial charge in [0.25, 0.3) is 0 Å². The van der Waals surface area contributed by atoms with E-state index in [4.69, 9.17) is 0 Å². The SMILES string of the molecule is Cc1ccc(CNc2[c]nccc2)cc1. The molecule has 2 rings (SSSR count). The summed E-state index contributed by atoms with van der Waals surface area (Å²) >= 11 is 0. The van der Waals surface area contributed by atoms with Crippen LogP contribution in [0.15, 0.2) is 42.6 Å². The molecule has 0 spiro atoms. The number of nitrogens with zero attached hydrogens (tertiary/aromatic N) is 1. The maximum atomic E-state index is 3.92. The molecule has 0 saturated carbocycles. The highest BCUT2D eigenvalue weighted by Crippen LogP contribution is 2.07. The van der Waals surface area contributed by atoms with Gasteiger partial charge in [-0.3, -0.25) is 4.98 Å². The van der Waals surface area contributed by atoms with Crippen LogP contribution >= 0.6 is 0 Å². The molecule has 2 nitrogen and oxygen atoms in total. The van der Waals surface area contributed by atoms with E-state index >= 15 is 0 Å². The summed E-state index contributed by atoms with van der Waals surface area (Å²) in [6, 6.07) is 12.3. The van der Waals surface area contributed by atoms with Crippen LogP contribution in [-0.2, 0) is 6.54 Å². The lowest BCUT2D eigenvalue weighted by atomic mass is 10.1. The van der Waals surface area contributed by atoms with Gasteiger partial charge in [-0.2, -0.15) is 0 Å². The number of hydrogen-bond acceptors (Lipinski definition) is 2. The molecule has 1 aromatic carbocycles. The summed E-state index contributed by atoms with van der Waals surface area (Å²) < 4.78 is 0. The number of pyridine rings is 1. The second kappa shape index (κ2) is 4.60. The van der Waals surface area contributed by atoms with Crippen LogP contribution in [0.1, 0.15) is 11.1 Å². The Morgan fingerprint density at radius 2 is 2.00 bits per heavy atom. The molecule has 0 aliphatic carbocycles. The molecule has 1 heterocycles. The quantitative estimate of drug-likeness (QED) is 0.818. The molecule has 1 radical (unpaired) electrons. The maximum absolute atomic E-state index is 3.92. The molecule has 0 aliphatic rings. The van der Waals surface area contributed by atoms with E-state index in [1.807, 2.05) is 12.1 Å². The fourth-order valence-corrected chi connectivity index (χ4v) is 1.33. The van der Waals surface area contributed by atoms with Crippen molar-refractivity contribution in [2.75, 3.05) is 5.32 Å². The molecule has 1 aromatic heterocycles. The predicted molar refractivity (Wildman–Crippen MR) is 61.6 cm³/mol. The third-order valence-electron chi connectivity index (χ3n) is 2.21. The Hall–Kier alpha value is -1.83. The van der Waals surface area contributed by atoms with Crippen LogP contribution in [0.3, 0.4) is 0 Å². The zero-order valence-electron chi connectivity index (χ0n) is 8.70. The Morgan fingerprint density at radius 3 is 2.67 bits per heavy atom. The van der Waals surface area contributed by atoms with Gasteiger partial charge in [0.05, 0.1) is 5.69 Å². The second-order valence-corrected chi connectivity index (χ2v) is 3.50. The summed E-state index contributed by atoms with van der Waals surface area (Å²) in [4.78, 5) is 3.92. The van der Waals surface area contributed by atoms with Crippen molar-refractivity contribution in [1.29, 1.82) is 0 Å². The van der Waals surface area contributed by atoms with Crippen molar-refractivity contribution in [1.82, 2.24) is 4.98 Å². The smallest absolute Gasteiger partial charge is 0.114 e. The fraction of sp³-hybridized carbons (Fsp3) is 0.154. The summed E-state index contributed by atoms with van der Waals surface area (Å²) in [6.45, 7) is 2.90. The van der Waals surface area contributed by atoms with E-state index in [0.29, 0.717) is 0 Å². The summed E-state index contributed by atoms with van der Waals surface area (Å²) in [5.74, 6) is 0. The lowest BCUT2D eigenvalue weighted by Crippen LogP contribution is -1.99. The van der Waals surface area contributed by atoms with Gasteiger partial charge in [0.15, 0.2) is 0 Å². The first-order valence-corrected chi connectivity index (χ1v) is 4.97. The van der Waals surface area contributed by atoms with Crippen LogP contribution < -0.4 is 5.32 Å². The normalized spacial score (nSPS) is 9.93. The molecule has 0 fully saturated rings. The number of nitrogens with one attached hydrogen (secondary N) is 1. The topological polar surface area (TPSA) is 24.9 Å². The highest BCUT2D eigenvalue weighted by molar-refractivity contribution is 5.39. The van der Waals surface area contributed by atoms with Crippen LogP contribution in [0, 0.1) is 13.1 Å². The van der Waals surface area contributed by atoms with Gasteiger partial charge in [0.1, 0.15) is 6.20 Å². The van der Waals surface area contributed by atoms with Crippen molar-refractivity contribution in [3.63, 3.8) is 0 Å². The molecule has 2 heteroatoms. The van der Waals surface area contributed by atoms with Gasteiger partial charge in [-0.05, 0) is 24.6 Å². The zero-order valence-corrected chi connectivity index (χ0v) is 8.70. The van der Waals surface area contributed by atoms with Crippen molar-refractivity contribution >= 4 is 5.69 Å². The number of aryl methyl sites for hydroxylation is 1. The number of hydrogen-bond donors (Lipinski definition) is 1. The highest BCUT2D eigenvalue weighted by atomic mass is 14.9. The molecule has 0 unspecified atom stereocenters. The Morgan fingerprint density at radius 1 is 1.20 bits per heavy atom. The minimum Gasteiger partial charge on any atom is -0.379 e. The van der Waals surface area contributed by atoms with E-state index in [9.17, 15) is 0 Å². The molecule has 2 aromatic rings. The average Bonchev–Trinajstić information content (AvgIpc) is 2.30. The lowest BCUT2D eigenvalue weighted by molar-refractivity contribution is 1.13. The molecular weight excluding hydrogens is 184 g/mol. The molecule has 0 bridgehead atoms. The fourth-order valence-electron chi connectivity index (χ4n) is 1.33. The predicted octanol–water partition coefficient (Wildman–Crippen LogP) is 2.80.